The van der Waals surface area contributed by atoms with Gasteiger partial charge in [0.1, 0.15) is 5.70 Å². The lowest BCUT2D eigenvalue weighted by Crippen LogP contribution is -2.52. The summed E-state index contributed by atoms with van der Waals surface area (Å²) < 4.78 is 47.5. The number of methoxy groups -OCH3 is 2. The summed E-state index contributed by atoms with van der Waals surface area (Å²) in [5.74, 6) is -3.27. The van der Waals surface area contributed by atoms with Crippen molar-refractivity contribution in [1.82, 2.24) is 4.90 Å². The molecular weight excluding hydrogens is 443 g/mol. The van der Waals surface area contributed by atoms with E-state index in [0.29, 0.717) is 5.69 Å². The fraction of sp³-hybridized carbons (Fsp3) is 0.318. The molecule has 2 aliphatic heterocycles. The van der Waals surface area contributed by atoms with Crippen LogP contribution in [0.5, 0.6) is 0 Å². The Kier molecular flexibility index (Phi) is 7.10. The molecule has 0 saturated carbocycles. The first-order valence-electron chi connectivity index (χ1n) is 9.93. The monoisotopic (exact) mass is 465 g/mol. The van der Waals surface area contributed by atoms with Crippen LogP contribution >= 0.6 is 0 Å². The molecule has 1 aromatic rings. The number of carbonyl (C=O) groups excluding carboxylic acids is 3. The molecular formula is C22H22F3N3O5. The summed E-state index contributed by atoms with van der Waals surface area (Å²) in [6.45, 7) is 0.402. The molecule has 11 heteroatoms. The molecule has 2 aliphatic rings. The van der Waals surface area contributed by atoms with E-state index in [2.05, 4.69) is 0 Å². The second kappa shape index (κ2) is 9.80. The molecule has 0 atom stereocenters. The highest BCUT2D eigenvalue weighted by Gasteiger charge is 2.43. The van der Waals surface area contributed by atoms with Gasteiger partial charge in [0.2, 0.25) is 0 Å². The average molecular weight is 465 g/mol. The highest BCUT2D eigenvalue weighted by molar-refractivity contribution is 6.05. The topological polar surface area (TPSA) is 79.4 Å². The number of carbonyl (C=O) groups is 3. The van der Waals surface area contributed by atoms with Crippen LogP contribution in [0.25, 0.3) is 0 Å². The molecule has 0 aromatic heterocycles. The van der Waals surface area contributed by atoms with Gasteiger partial charge < -0.3 is 24.2 Å². The van der Waals surface area contributed by atoms with Crippen LogP contribution in [0.15, 0.2) is 60.0 Å². The van der Waals surface area contributed by atoms with Gasteiger partial charge in [0.25, 0.3) is 0 Å². The van der Waals surface area contributed by atoms with Crippen LogP contribution in [-0.2, 0) is 23.9 Å². The molecule has 1 aromatic carbocycles. The predicted molar refractivity (Wildman–Crippen MR) is 113 cm³/mol. The molecule has 33 heavy (non-hydrogen) atoms. The average Bonchev–Trinajstić information content (AvgIpc) is 3.05. The Morgan fingerprint density at radius 2 is 1.42 bits per heavy atom. The Hall–Kier alpha value is -3.76. The van der Waals surface area contributed by atoms with Crippen molar-refractivity contribution in [3.8, 4) is 0 Å². The van der Waals surface area contributed by atoms with Crippen LogP contribution in [0, 0.1) is 0 Å². The number of rotatable bonds is 4. The summed E-state index contributed by atoms with van der Waals surface area (Å²) in [6.07, 6.45) is 1.39. The lowest BCUT2D eigenvalue weighted by molar-refractivity contribution is -0.185. The maximum Gasteiger partial charge on any atom is 0.471 e. The van der Waals surface area contributed by atoms with Crippen molar-refractivity contribution < 1.29 is 37.0 Å². The van der Waals surface area contributed by atoms with E-state index in [-0.39, 0.29) is 37.4 Å². The van der Waals surface area contributed by atoms with E-state index in [9.17, 15) is 27.6 Å². The van der Waals surface area contributed by atoms with Crippen molar-refractivity contribution >= 4 is 29.2 Å². The molecule has 0 bridgehead atoms. The Morgan fingerprint density at radius 3 is 1.97 bits per heavy atom. The number of hydrogen-bond acceptors (Lipinski definition) is 7. The number of alkyl halides is 3. The molecule has 0 N–H and O–H groups in total. The number of hydrogen-bond donors (Lipinski definition) is 0. The minimum absolute atomic E-state index is 0.0175. The van der Waals surface area contributed by atoms with Crippen LogP contribution in [-0.4, -0.2) is 69.3 Å². The van der Waals surface area contributed by atoms with E-state index < -0.39 is 24.0 Å². The fourth-order valence-corrected chi connectivity index (χ4v) is 3.54. The van der Waals surface area contributed by atoms with E-state index in [4.69, 9.17) is 9.47 Å². The fourth-order valence-electron chi connectivity index (χ4n) is 3.54. The van der Waals surface area contributed by atoms with E-state index in [1.807, 2.05) is 4.90 Å². The van der Waals surface area contributed by atoms with Crippen molar-refractivity contribution in [3.05, 3.63) is 60.0 Å². The zero-order chi connectivity index (χ0) is 24.2. The maximum absolute atomic E-state index is 12.6. The molecule has 176 valence electrons. The van der Waals surface area contributed by atoms with Crippen molar-refractivity contribution in [2.45, 2.75) is 6.18 Å². The molecule has 0 aliphatic carbocycles. The lowest BCUT2D eigenvalue weighted by atomic mass is 10.1. The van der Waals surface area contributed by atoms with Gasteiger partial charge in [-0.2, -0.15) is 13.2 Å². The number of ether oxygens (including phenoxy) is 2. The number of nitrogens with zero attached hydrogens (tertiary/aromatic N) is 3. The Morgan fingerprint density at radius 1 is 0.848 bits per heavy atom. The van der Waals surface area contributed by atoms with Gasteiger partial charge in [-0.15, -0.1) is 0 Å². The SMILES string of the molecule is COC(=O)C1=C(C(=O)OC)N(c2ccc(N3CCN(C(=O)C(F)(F)F)CC3)cc2)C=CC=C1. The van der Waals surface area contributed by atoms with Gasteiger partial charge in [0.15, 0.2) is 0 Å². The van der Waals surface area contributed by atoms with Gasteiger partial charge >= 0.3 is 24.0 Å². The van der Waals surface area contributed by atoms with Crippen molar-refractivity contribution in [3.63, 3.8) is 0 Å². The smallest absolute Gasteiger partial charge is 0.465 e. The summed E-state index contributed by atoms with van der Waals surface area (Å²) in [7, 11) is 2.41. The van der Waals surface area contributed by atoms with Crippen molar-refractivity contribution in [2.75, 3.05) is 50.2 Å². The third-order valence-electron chi connectivity index (χ3n) is 5.19. The number of benzene rings is 1. The first-order valence-corrected chi connectivity index (χ1v) is 9.93. The minimum Gasteiger partial charge on any atom is -0.465 e. The van der Waals surface area contributed by atoms with Crippen LogP contribution in [0.3, 0.4) is 0 Å². The second-order valence-electron chi connectivity index (χ2n) is 7.11. The lowest BCUT2D eigenvalue weighted by Gasteiger charge is -2.36. The zero-order valence-electron chi connectivity index (χ0n) is 18.0. The summed E-state index contributed by atoms with van der Waals surface area (Å²) in [4.78, 5) is 40.3. The van der Waals surface area contributed by atoms with Gasteiger partial charge in [-0.1, -0.05) is 6.08 Å². The highest BCUT2D eigenvalue weighted by Crippen LogP contribution is 2.29. The largest absolute Gasteiger partial charge is 0.471 e. The predicted octanol–water partition coefficient (Wildman–Crippen LogP) is 2.39. The Labute approximate surface area is 188 Å². The quantitative estimate of drug-likeness (QED) is 0.632. The molecule has 2 heterocycles. The Balaban J connectivity index is 1.81. The molecule has 3 rings (SSSR count). The number of piperazine rings is 1. The summed E-state index contributed by atoms with van der Waals surface area (Å²) in [5.41, 5.74) is 1.28. The first kappa shape index (κ1) is 23.9. The van der Waals surface area contributed by atoms with Gasteiger partial charge in [-0.3, -0.25) is 4.79 Å². The Bertz CT molecular complexity index is 1010. The van der Waals surface area contributed by atoms with E-state index >= 15 is 0 Å². The maximum atomic E-state index is 12.6. The highest BCUT2D eigenvalue weighted by atomic mass is 19.4. The summed E-state index contributed by atoms with van der Waals surface area (Å²) >= 11 is 0. The van der Waals surface area contributed by atoms with E-state index in [1.165, 1.54) is 25.2 Å². The molecule has 1 saturated heterocycles. The number of anilines is 2. The molecule has 0 spiro atoms. The zero-order valence-corrected chi connectivity index (χ0v) is 18.0. The molecule has 1 amide bonds. The molecule has 0 unspecified atom stereocenters. The third-order valence-corrected chi connectivity index (χ3v) is 5.19. The van der Waals surface area contributed by atoms with Crippen molar-refractivity contribution in [2.24, 2.45) is 0 Å². The van der Waals surface area contributed by atoms with Gasteiger partial charge in [0, 0.05) is 43.8 Å². The van der Waals surface area contributed by atoms with Gasteiger partial charge in [-0.05, 0) is 36.4 Å². The minimum atomic E-state index is -4.88. The van der Waals surface area contributed by atoms with E-state index in [1.54, 1.807) is 42.6 Å². The molecule has 8 nitrogen and oxygen atoms in total. The van der Waals surface area contributed by atoms with Gasteiger partial charge in [-0.25, -0.2) is 9.59 Å². The van der Waals surface area contributed by atoms with Crippen LogP contribution in [0.4, 0.5) is 24.5 Å². The van der Waals surface area contributed by atoms with E-state index in [0.717, 1.165) is 10.6 Å². The second-order valence-corrected chi connectivity index (χ2v) is 7.11. The number of halogens is 3. The van der Waals surface area contributed by atoms with Crippen LogP contribution < -0.4 is 9.80 Å². The number of allylic oxidation sites excluding steroid dienone is 2. The standard InChI is InChI=1S/C22H22F3N3O5/c1-32-19(29)17-5-3-4-10-28(18(17)20(30)33-2)16-8-6-15(7-9-16)26-11-13-27(14-12-26)21(31)22(23,24)25/h3-10H,11-14H2,1-2H3. The normalized spacial score (nSPS) is 16.6. The summed E-state index contributed by atoms with van der Waals surface area (Å²) in [6, 6.07) is 6.90. The first-order chi connectivity index (χ1) is 15.7. The van der Waals surface area contributed by atoms with Gasteiger partial charge in [0.05, 0.1) is 19.8 Å². The summed E-state index contributed by atoms with van der Waals surface area (Å²) in [5, 5.41) is 0. The third kappa shape index (κ3) is 5.18. The van der Waals surface area contributed by atoms with Crippen LogP contribution in [0.2, 0.25) is 0 Å². The number of amides is 1. The molecule has 1 fully saturated rings. The van der Waals surface area contributed by atoms with Crippen LogP contribution in [0.1, 0.15) is 0 Å². The molecule has 0 radical (unpaired) electrons. The number of esters is 2. The van der Waals surface area contributed by atoms with Crippen molar-refractivity contribution in [1.29, 1.82) is 0 Å².